The van der Waals surface area contributed by atoms with Gasteiger partial charge in [-0.1, -0.05) is 20.8 Å². The highest BCUT2D eigenvalue weighted by molar-refractivity contribution is 5.58. The van der Waals surface area contributed by atoms with Crippen LogP contribution in [0.4, 0.5) is 8.78 Å². The van der Waals surface area contributed by atoms with Crippen LogP contribution in [0.5, 0.6) is 0 Å². The summed E-state index contributed by atoms with van der Waals surface area (Å²) in [4.78, 5) is 6.80. The Morgan fingerprint density at radius 2 is 1.88 bits per heavy atom. The van der Waals surface area contributed by atoms with Crippen molar-refractivity contribution in [3.8, 4) is 11.4 Å². The lowest BCUT2D eigenvalue weighted by Gasteiger charge is -2.21. The molecule has 0 aliphatic carbocycles. The number of aromatic nitrogens is 2. The Balaban J connectivity index is 2.66. The van der Waals surface area contributed by atoms with Gasteiger partial charge in [-0.3, -0.25) is 0 Å². The topological polar surface area (TPSA) is 28.7 Å². The first-order valence-electron chi connectivity index (χ1n) is 5.39. The van der Waals surface area contributed by atoms with E-state index in [1.54, 1.807) is 27.0 Å². The number of rotatable bonds is 1. The average Bonchev–Trinajstić information content (AvgIpc) is 2.68. The van der Waals surface area contributed by atoms with E-state index >= 15 is 0 Å². The predicted molar refractivity (Wildman–Crippen MR) is 62.6 cm³/mol. The third-order valence-corrected chi connectivity index (χ3v) is 2.59. The molecule has 0 spiro atoms. The molecule has 1 heterocycles. The number of benzene rings is 1. The van der Waals surface area contributed by atoms with Gasteiger partial charge in [0.1, 0.15) is 17.5 Å². The smallest absolute Gasteiger partial charge is 0.140 e. The lowest BCUT2D eigenvalue weighted by molar-refractivity contribution is 0.477. The van der Waals surface area contributed by atoms with E-state index in [4.69, 9.17) is 0 Å². The Morgan fingerprint density at radius 1 is 1.18 bits per heavy atom. The third kappa shape index (κ3) is 2.07. The molecule has 2 nitrogen and oxygen atoms in total. The number of hydrogen-bond acceptors (Lipinski definition) is 1. The van der Waals surface area contributed by atoms with Crippen molar-refractivity contribution in [1.29, 1.82) is 0 Å². The van der Waals surface area contributed by atoms with Crippen LogP contribution in [0.2, 0.25) is 0 Å². The van der Waals surface area contributed by atoms with Crippen molar-refractivity contribution in [2.45, 2.75) is 26.2 Å². The lowest BCUT2D eigenvalue weighted by atomic mass is 9.85. The zero-order valence-corrected chi connectivity index (χ0v) is 10.0. The van der Waals surface area contributed by atoms with Crippen molar-refractivity contribution >= 4 is 0 Å². The quantitative estimate of drug-likeness (QED) is 0.804. The highest BCUT2D eigenvalue weighted by Crippen LogP contribution is 2.32. The van der Waals surface area contributed by atoms with Crippen molar-refractivity contribution in [3.05, 3.63) is 41.7 Å². The highest BCUT2D eigenvalue weighted by atomic mass is 19.1. The Kier molecular flexibility index (Phi) is 2.73. The minimum atomic E-state index is -0.587. The number of aromatic amines is 1. The van der Waals surface area contributed by atoms with Crippen LogP contribution in [0.3, 0.4) is 0 Å². The summed E-state index contributed by atoms with van der Waals surface area (Å²) in [6.45, 7) is 5.33. The van der Waals surface area contributed by atoms with Crippen LogP contribution in [-0.2, 0) is 5.41 Å². The van der Waals surface area contributed by atoms with Crippen molar-refractivity contribution < 1.29 is 8.78 Å². The molecule has 0 unspecified atom stereocenters. The summed E-state index contributed by atoms with van der Waals surface area (Å²) < 4.78 is 28.0. The minimum absolute atomic E-state index is 0.0893. The molecule has 0 atom stereocenters. The molecule has 0 amide bonds. The number of nitrogens with zero attached hydrogens (tertiary/aromatic N) is 1. The fourth-order valence-electron chi connectivity index (χ4n) is 1.84. The molecule has 17 heavy (non-hydrogen) atoms. The van der Waals surface area contributed by atoms with Gasteiger partial charge in [0.25, 0.3) is 0 Å². The summed E-state index contributed by atoms with van der Waals surface area (Å²) in [5, 5.41) is 0. The van der Waals surface area contributed by atoms with Crippen LogP contribution in [0.15, 0.2) is 24.5 Å². The number of imidazole rings is 1. The Labute approximate surface area is 98.7 Å². The number of halogens is 2. The molecular weight excluding hydrogens is 222 g/mol. The molecule has 0 aliphatic heterocycles. The first-order valence-corrected chi connectivity index (χ1v) is 5.39. The first kappa shape index (κ1) is 11.8. The fourth-order valence-corrected chi connectivity index (χ4v) is 1.84. The lowest BCUT2D eigenvalue weighted by Crippen LogP contribution is -2.17. The van der Waals surface area contributed by atoms with Gasteiger partial charge in [0.15, 0.2) is 0 Å². The van der Waals surface area contributed by atoms with Crippen LogP contribution in [0, 0.1) is 11.6 Å². The monoisotopic (exact) mass is 236 g/mol. The molecular formula is C13H14F2N2. The van der Waals surface area contributed by atoms with Gasteiger partial charge < -0.3 is 4.98 Å². The van der Waals surface area contributed by atoms with Gasteiger partial charge in [0.05, 0.1) is 5.56 Å². The van der Waals surface area contributed by atoms with Crippen LogP contribution in [-0.4, -0.2) is 9.97 Å². The first-order chi connectivity index (χ1) is 7.91. The summed E-state index contributed by atoms with van der Waals surface area (Å²) >= 11 is 0. The van der Waals surface area contributed by atoms with Crippen LogP contribution >= 0.6 is 0 Å². The molecule has 1 aromatic heterocycles. The minimum Gasteiger partial charge on any atom is -0.345 e. The SMILES string of the molecule is CC(C)(C)c1c(F)ccc(-c2ncc[nH]2)c1F. The molecule has 0 fully saturated rings. The maximum absolute atomic E-state index is 14.3. The normalized spacial score (nSPS) is 11.8. The summed E-state index contributed by atoms with van der Waals surface area (Å²) in [5.41, 5.74) is -0.204. The maximum atomic E-state index is 14.3. The van der Waals surface area contributed by atoms with Gasteiger partial charge >= 0.3 is 0 Å². The van der Waals surface area contributed by atoms with Crippen LogP contribution < -0.4 is 0 Å². The molecule has 0 saturated heterocycles. The molecule has 0 saturated carbocycles. The van der Waals surface area contributed by atoms with Crippen molar-refractivity contribution in [2.75, 3.05) is 0 Å². The van der Waals surface area contributed by atoms with Crippen molar-refractivity contribution in [2.24, 2.45) is 0 Å². The van der Waals surface area contributed by atoms with E-state index in [0.29, 0.717) is 11.4 Å². The highest BCUT2D eigenvalue weighted by Gasteiger charge is 2.25. The Hall–Kier alpha value is -1.71. The molecule has 90 valence electrons. The van der Waals surface area contributed by atoms with Gasteiger partial charge in [0, 0.05) is 18.0 Å². The molecule has 2 rings (SSSR count). The Morgan fingerprint density at radius 3 is 2.41 bits per heavy atom. The van der Waals surface area contributed by atoms with E-state index in [1.165, 1.54) is 18.3 Å². The largest absolute Gasteiger partial charge is 0.345 e. The third-order valence-electron chi connectivity index (χ3n) is 2.59. The number of hydrogen-bond donors (Lipinski definition) is 1. The van der Waals surface area contributed by atoms with E-state index in [2.05, 4.69) is 9.97 Å². The molecule has 1 N–H and O–H groups in total. The van der Waals surface area contributed by atoms with Gasteiger partial charge in [-0.2, -0.15) is 0 Å². The molecule has 0 aliphatic rings. The second-order valence-electron chi connectivity index (χ2n) is 4.97. The van der Waals surface area contributed by atoms with Gasteiger partial charge in [-0.25, -0.2) is 13.8 Å². The molecule has 4 heteroatoms. The van der Waals surface area contributed by atoms with Gasteiger partial charge in [-0.15, -0.1) is 0 Å². The second kappa shape index (κ2) is 3.95. The van der Waals surface area contributed by atoms with Crippen molar-refractivity contribution in [3.63, 3.8) is 0 Å². The number of nitrogens with one attached hydrogen (secondary N) is 1. The van der Waals surface area contributed by atoms with E-state index in [-0.39, 0.29) is 5.56 Å². The molecule has 0 radical (unpaired) electrons. The average molecular weight is 236 g/mol. The fraction of sp³-hybridized carbons (Fsp3) is 0.308. The summed E-state index contributed by atoms with van der Waals surface area (Å²) in [5.74, 6) is -0.661. The maximum Gasteiger partial charge on any atom is 0.140 e. The second-order valence-corrected chi connectivity index (χ2v) is 4.97. The summed E-state index contributed by atoms with van der Waals surface area (Å²) in [7, 11) is 0. The van der Waals surface area contributed by atoms with Gasteiger partial charge in [0.2, 0.25) is 0 Å². The predicted octanol–water partition coefficient (Wildman–Crippen LogP) is 3.65. The Bertz CT molecular complexity index is 525. The molecule has 2 aromatic rings. The summed E-state index contributed by atoms with van der Waals surface area (Å²) in [6, 6.07) is 2.68. The van der Waals surface area contributed by atoms with Crippen molar-refractivity contribution in [1.82, 2.24) is 9.97 Å². The molecule has 0 bridgehead atoms. The zero-order chi connectivity index (χ0) is 12.6. The molecule has 1 aromatic carbocycles. The van der Waals surface area contributed by atoms with E-state index in [1.807, 2.05) is 0 Å². The van der Waals surface area contributed by atoms with E-state index in [0.717, 1.165) is 0 Å². The van der Waals surface area contributed by atoms with E-state index in [9.17, 15) is 8.78 Å². The van der Waals surface area contributed by atoms with Crippen LogP contribution in [0.1, 0.15) is 26.3 Å². The standard InChI is InChI=1S/C13H14F2N2/c1-13(2,3)10-9(14)5-4-8(11(10)15)12-16-6-7-17-12/h4-7H,1-3H3,(H,16,17). The zero-order valence-electron chi connectivity index (χ0n) is 10.0. The van der Waals surface area contributed by atoms with E-state index < -0.39 is 17.0 Å². The van der Waals surface area contributed by atoms with Gasteiger partial charge in [-0.05, 0) is 17.5 Å². The summed E-state index contributed by atoms with van der Waals surface area (Å²) in [6.07, 6.45) is 3.14. The number of H-pyrrole nitrogens is 1. The van der Waals surface area contributed by atoms with Crippen LogP contribution in [0.25, 0.3) is 11.4 Å².